The van der Waals surface area contributed by atoms with E-state index >= 15 is 0 Å². The number of hydrogen-bond donors (Lipinski definition) is 1. The topological polar surface area (TPSA) is 46.3 Å². The lowest BCUT2D eigenvalue weighted by Gasteiger charge is -2.22. The van der Waals surface area contributed by atoms with E-state index in [4.69, 9.17) is 9.40 Å². The van der Waals surface area contributed by atoms with Crippen molar-refractivity contribution in [3.63, 3.8) is 0 Å². The van der Waals surface area contributed by atoms with E-state index in [1.54, 1.807) is 12.5 Å². The molecule has 2 heterocycles. The Kier molecular flexibility index (Phi) is 6.38. The van der Waals surface area contributed by atoms with Gasteiger partial charge in [0.05, 0.1) is 24.8 Å². The van der Waals surface area contributed by atoms with Crippen molar-refractivity contribution in [3.8, 4) is 11.1 Å². The van der Waals surface area contributed by atoms with Gasteiger partial charge in [-0.1, -0.05) is 53.2 Å². The van der Waals surface area contributed by atoms with Crippen molar-refractivity contribution in [3.05, 3.63) is 47.2 Å². The molecule has 0 aliphatic rings. The number of furan rings is 1. The molecule has 3 heteroatoms. The Bertz CT molecular complexity index is 682. The molecule has 0 saturated carbocycles. The molecule has 2 aromatic rings. The molecule has 0 amide bonds. The summed E-state index contributed by atoms with van der Waals surface area (Å²) in [6.45, 7) is 10.7. The second kappa shape index (κ2) is 8.29. The number of allylic oxidation sites excluding steroid dienone is 1. The quantitative estimate of drug-likeness (QED) is 0.689. The normalized spacial score (nSPS) is 12.0. The van der Waals surface area contributed by atoms with E-state index in [1.807, 2.05) is 6.07 Å². The van der Waals surface area contributed by atoms with Crippen LogP contribution in [0.15, 0.2) is 29.1 Å². The van der Waals surface area contributed by atoms with Crippen LogP contribution < -0.4 is 0 Å². The van der Waals surface area contributed by atoms with Crippen LogP contribution in [-0.2, 0) is 6.61 Å². The second-order valence-corrected chi connectivity index (χ2v) is 6.82. The highest BCUT2D eigenvalue weighted by atomic mass is 16.3. The minimum absolute atomic E-state index is 0.0198. The molecular formula is C21H29NO2. The van der Waals surface area contributed by atoms with Crippen LogP contribution in [0, 0.1) is 0 Å². The van der Waals surface area contributed by atoms with Gasteiger partial charge >= 0.3 is 0 Å². The summed E-state index contributed by atoms with van der Waals surface area (Å²) in [5.41, 5.74) is 6.13. The third kappa shape index (κ3) is 3.78. The van der Waals surface area contributed by atoms with E-state index in [9.17, 15) is 5.11 Å². The van der Waals surface area contributed by atoms with Gasteiger partial charge in [0.1, 0.15) is 0 Å². The summed E-state index contributed by atoms with van der Waals surface area (Å²) in [4.78, 5) is 4.95. The number of rotatable bonds is 7. The first-order valence-corrected chi connectivity index (χ1v) is 8.87. The smallest absolute Gasteiger partial charge is 0.0981 e. The van der Waals surface area contributed by atoms with Crippen molar-refractivity contribution in [2.24, 2.45) is 0 Å². The molecule has 0 unspecified atom stereocenters. The average Bonchev–Trinajstić information content (AvgIpc) is 3.07. The van der Waals surface area contributed by atoms with Gasteiger partial charge in [-0.15, -0.1) is 0 Å². The monoisotopic (exact) mass is 327 g/mol. The van der Waals surface area contributed by atoms with Crippen molar-refractivity contribution >= 4 is 6.08 Å². The molecule has 2 aromatic heterocycles. The first kappa shape index (κ1) is 18.5. The van der Waals surface area contributed by atoms with E-state index in [-0.39, 0.29) is 12.5 Å². The fraction of sp³-hybridized carbons (Fsp3) is 0.476. The Morgan fingerprint density at radius 3 is 2.38 bits per heavy atom. The first-order valence-electron chi connectivity index (χ1n) is 8.87. The number of pyridine rings is 1. The molecule has 0 radical (unpaired) electrons. The zero-order chi connectivity index (χ0) is 17.7. The molecule has 0 aliphatic heterocycles. The predicted octanol–water partition coefficient (Wildman–Crippen LogP) is 5.89. The van der Waals surface area contributed by atoms with Crippen molar-refractivity contribution in [1.82, 2.24) is 4.98 Å². The fourth-order valence-corrected chi connectivity index (χ4v) is 3.03. The Balaban J connectivity index is 2.82. The molecule has 130 valence electrons. The molecule has 0 fully saturated rings. The Morgan fingerprint density at radius 2 is 1.88 bits per heavy atom. The molecule has 24 heavy (non-hydrogen) atoms. The number of hydrogen-bond acceptors (Lipinski definition) is 3. The number of aromatic nitrogens is 1. The van der Waals surface area contributed by atoms with Crippen LogP contribution >= 0.6 is 0 Å². The van der Waals surface area contributed by atoms with Gasteiger partial charge in [-0.3, -0.25) is 4.98 Å². The second-order valence-electron chi connectivity index (χ2n) is 6.82. The number of aliphatic hydroxyl groups excluding tert-OH is 1. The van der Waals surface area contributed by atoms with Gasteiger partial charge in [0.25, 0.3) is 0 Å². The van der Waals surface area contributed by atoms with Crippen molar-refractivity contribution in [1.29, 1.82) is 0 Å². The Labute approximate surface area is 145 Å². The number of unbranched alkanes of at least 4 members (excludes halogenated alkanes) is 1. The van der Waals surface area contributed by atoms with Crippen LogP contribution in [0.1, 0.15) is 81.8 Å². The summed E-state index contributed by atoms with van der Waals surface area (Å²) in [5.74, 6) is 0.561. The summed E-state index contributed by atoms with van der Waals surface area (Å²) in [6.07, 6.45) is 9.93. The maximum atomic E-state index is 10.1. The van der Waals surface area contributed by atoms with E-state index < -0.39 is 0 Å². The predicted molar refractivity (Wildman–Crippen MR) is 100.0 cm³/mol. The average molecular weight is 327 g/mol. The molecule has 3 nitrogen and oxygen atoms in total. The highest BCUT2D eigenvalue weighted by molar-refractivity contribution is 5.79. The largest absolute Gasteiger partial charge is 0.472 e. The van der Waals surface area contributed by atoms with Gasteiger partial charge in [-0.2, -0.15) is 0 Å². The Hall–Kier alpha value is -1.87. The van der Waals surface area contributed by atoms with Crippen LogP contribution in [0.3, 0.4) is 0 Å². The maximum absolute atomic E-state index is 10.1. The van der Waals surface area contributed by atoms with E-state index in [2.05, 4.69) is 46.8 Å². The van der Waals surface area contributed by atoms with Crippen molar-refractivity contribution in [2.45, 2.75) is 65.9 Å². The third-order valence-electron chi connectivity index (χ3n) is 4.20. The SMILES string of the molecule is CCC/C=C/c1c(C(C)C)nc(C(C)C)c(CO)c1-c1ccoc1. The lowest BCUT2D eigenvalue weighted by atomic mass is 9.88. The van der Waals surface area contributed by atoms with E-state index in [0.717, 1.165) is 46.5 Å². The molecular weight excluding hydrogens is 298 g/mol. The van der Waals surface area contributed by atoms with Crippen molar-refractivity contribution < 1.29 is 9.52 Å². The van der Waals surface area contributed by atoms with Crippen LogP contribution in [0.25, 0.3) is 17.2 Å². The summed E-state index contributed by atoms with van der Waals surface area (Å²) in [5, 5.41) is 10.1. The zero-order valence-corrected chi connectivity index (χ0v) is 15.5. The van der Waals surface area contributed by atoms with Crippen molar-refractivity contribution in [2.75, 3.05) is 0 Å². The molecule has 1 N–H and O–H groups in total. The van der Waals surface area contributed by atoms with Crippen LogP contribution in [0.5, 0.6) is 0 Å². The standard InChI is InChI=1S/C21H29NO2/c1-6-7-8-9-17-19(16-10-11-24-13-16)18(12-23)21(15(4)5)22-20(17)14(2)3/h8-11,13-15,23H,6-7,12H2,1-5H3/b9-8+. The van der Waals surface area contributed by atoms with Gasteiger partial charge in [-0.05, 0) is 24.3 Å². The van der Waals surface area contributed by atoms with Gasteiger partial charge < -0.3 is 9.52 Å². The molecule has 0 aromatic carbocycles. The lowest BCUT2D eigenvalue weighted by Crippen LogP contribution is -2.10. The van der Waals surface area contributed by atoms with Crippen LogP contribution in [0.4, 0.5) is 0 Å². The van der Waals surface area contributed by atoms with Gasteiger partial charge in [-0.25, -0.2) is 0 Å². The minimum atomic E-state index is -0.0198. The third-order valence-corrected chi connectivity index (χ3v) is 4.20. The molecule has 0 spiro atoms. The molecule has 0 atom stereocenters. The van der Waals surface area contributed by atoms with Crippen LogP contribution in [-0.4, -0.2) is 10.1 Å². The molecule has 0 saturated heterocycles. The zero-order valence-electron chi connectivity index (χ0n) is 15.5. The number of aliphatic hydroxyl groups is 1. The van der Waals surface area contributed by atoms with Crippen LogP contribution in [0.2, 0.25) is 0 Å². The molecule has 2 rings (SSSR count). The minimum Gasteiger partial charge on any atom is -0.472 e. The summed E-state index contributed by atoms with van der Waals surface area (Å²) >= 11 is 0. The highest BCUT2D eigenvalue weighted by Crippen LogP contribution is 2.37. The molecule has 0 aliphatic carbocycles. The lowest BCUT2D eigenvalue weighted by molar-refractivity contribution is 0.280. The van der Waals surface area contributed by atoms with Gasteiger partial charge in [0.15, 0.2) is 0 Å². The molecule has 0 bridgehead atoms. The van der Waals surface area contributed by atoms with E-state index in [1.165, 1.54) is 0 Å². The van der Waals surface area contributed by atoms with Gasteiger partial charge in [0.2, 0.25) is 0 Å². The maximum Gasteiger partial charge on any atom is 0.0981 e. The summed E-state index contributed by atoms with van der Waals surface area (Å²) in [7, 11) is 0. The summed E-state index contributed by atoms with van der Waals surface area (Å²) in [6, 6.07) is 1.96. The Morgan fingerprint density at radius 1 is 1.17 bits per heavy atom. The van der Waals surface area contributed by atoms with E-state index in [0.29, 0.717) is 5.92 Å². The summed E-state index contributed by atoms with van der Waals surface area (Å²) < 4.78 is 5.32. The first-order chi connectivity index (χ1) is 11.5. The fourth-order valence-electron chi connectivity index (χ4n) is 3.03. The number of nitrogens with zero attached hydrogens (tertiary/aromatic N) is 1. The van der Waals surface area contributed by atoms with Gasteiger partial charge in [0, 0.05) is 27.9 Å². The highest BCUT2D eigenvalue weighted by Gasteiger charge is 2.22.